The second-order valence-electron chi connectivity index (χ2n) is 42.1. The van der Waals surface area contributed by atoms with Crippen molar-refractivity contribution >= 4 is 29.1 Å². The first-order chi connectivity index (χ1) is 70.1. The van der Waals surface area contributed by atoms with Crippen molar-refractivity contribution < 1.29 is 62.4 Å². The zero-order chi connectivity index (χ0) is 103. The topological polar surface area (TPSA) is 264 Å². The number of nitrogens with zero attached hydrogens (tertiary/aromatic N) is 8. The number of unbranched alkanes of at least 4 members (excludes halogenated alkanes) is 4. The van der Waals surface area contributed by atoms with Crippen molar-refractivity contribution in [2.24, 2.45) is 0 Å². The molecule has 145 heavy (non-hydrogen) atoms. The molecule has 8 aliphatic rings. The number of fused-ring (bicyclic) bond motifs is 4. The number of aromatic nitrogens is 4. The van der Waals surface area contributed by atoms with E-state index < -0.39 is 6.04 Å². The summed E-state index contributed by atoms with van der Waals surface area (Å²) in [6.45, 7) is 50.8. The van der Waals surface area contributed by atoms with Crippen LogP contribution in [0.15, 0.2) is 177 Å². The third kappa shape index (κ3) is 34.0. The largest absolute Gasteiger partial charge is 0.511 e. The number of ether oxygens (including phenoxy) is 8. The molecule has 7 N–H and O–H groups in total. The highest BCUT2D eigenvalue weighted by atomic mass is 19.1. The molecule has 16 rings (SSSR count). The molecular formula is C120H171FN12O12. The van der Waals surface area contributed by atoms with Crippen LogP contribution in [0.5, 0.6) is 0 Å². The smallest absolute Gasteiger partial charge is 0.151 e. The van der Waals surface area contributed by atoms with Crippen LogP contribution in [0.3, 0.4) is 0 Å². The van der Waals surface area contributed by atoms with Gasteiger partial charge in [-0.25, -0.2) is 24.3 Å². The molecule has 0 amide bonds. The number of anilines is 4. The Balaban J connectivity index is 0.000000162. The van der Waals surface area contributed by atoms with E-state index in [2.05, 4.69) is 173 Å². The van der Waals surface area contributed by atoms with Crippen molar-refractivity contribution in [3.05, 3.63) is 272 Å². The molecule has 25 heteroatoms. The predicted molar refractivity (Wildman–Crippen MR) is 581 cm³/mol. The predicted octanol–water partition coefficient (Wildman–Crippen LogP) is 24.1. The summed E-state index contributed by atoms with van der Waals surface area (Å²) in [4.78, 5) is 40.9. The van der Waals surface area contributed by atoms with Gasteiger partial charge in [0.05, 0.1) is 97.9 Å². The van der Waals surface area contributed by atoms with Gasteiger partial charge in [0.25, 0.3) is 0 Å². The van der Waals surface area contributed by atoms with E-state index in [4.69, 9.17) is 57.8 Å². The average molecular weight is 1990 g/mol. The molecule has 2 unspecified atom stereocenters. The van der Waals surface area contributed by atoms with Crippen LogP contribution in [0, 0.1) is 5.82 Å². The molecule has 0 saturated carbocycles. The minimum Gasteiger partial charge on any atom is -0.511 e. The first-order valence-corrected chi connectivity index (χ1v) is 54.7. The van der Waals surface area contributed by atoms with Crippen LogP contribution in [0.2, 0.25) is 0 Å². The molecular weight excluding hydrogens is 1820 g/mol. The Hall–Kier alpha value is -9.58. The second kappa shape index (κ2) is 57.3. The number of carbonyl (C=O) groups excluding carboxylic acids is 1. The standard InChI is InChI=1S/C30H42FN3O3.3C30H43N3O3/c1-20(2)37-19-24-10-12-25(31)17-28(24)29(22(4)35)34-15-14-27(18-34)36-16-6-5-7-26-13-11-23-9-8-21(3)32-30(23)33-26;3*1-21(2)36-23(4)27-12-5-6-13-28(27)29(22(3)34)33-18-16-26(20-33)35-19-8-7-11-25-15-14-24-10-9-17-31-30(24)32-25/h10-13,17,20-21,27,29H,5-9,14-16,18-19H2,1-4H3,(H,32,33);3*5-6,12-15,21,23,26,29,34H,3,7-11,16-20H2,1-2,4H3,(H,31,32)/t21?,27-,29+;23-,26+,29?;23-,26-,29+;23-,26-,29-/m1011/s1. The lowest BCUT2D eigenvalue weighted by molar-refractivity contribution is -0.122. The number of aryl methyl sites for hydroxylation is 8. The normalized spacial score (nSPS) is 19.9. The number of pyridine rings is 4. The fourth-order valence-electron chi connectivity index (χ4n) is 21.8. The lowest BCUT2D eigenvalue weighted by atomic mass is 9.95. The monoisotopic (exact) mass is 1990 g/mol. The molecule has 0 aliphatic carbocycles. The Morgan fingerprint density at radius 1 is 0.386 bits per heavy atom. The first kappa shape index (κ1) is 113. The summed E-state index contributed by atoms with van der Waals surface area (Å²) < 4.78 is 63.1. The number of benzene rings is 4. The number of halogens is 1. The molecule has 0 radical (unpaired) electrons. The van der Waals surface area contributed by atoms with Gasteiger partial charge in [0, 0.05) is 127 Å². The number of ketones is 1. The Morgan fingerprint density at radius 3 is 1.01 bits per heavy atom. The van der Waals surface area contributed by atoms with Crippen LogP contribution in [0.4, 0.5) is 27.7 Å². The van der Waals surface area contributed by atoms with Gasteiger partial charge < -0.3 is 74.5 Å². The van der Waals surface area contributed by atoms with Crippen molar-refractivity contribution in [1.29, 1.82) is 0 Å². The summed E-state index contributed by atoms with van der Waals surface area (Å²) in [5.74, 6) is 4.48. The Bertz CT molecular complexity index is 5010. The highest BCUT2D eigenvalue weighted by molar-refractivity contribution is 5.83. The van der Waals surface area contributed by atoms with Gasteiger partial charge in [-0.3, -0.25) is 24.4 Å². The molecule has 790 valence electrons. The van der Waals surface area contributed by atoms with E-state index in [9.17, 15) is 24.5 Å². The molecule has 24 nitrogen and oxygen atoms in total. The lowest BCUT2D eigenvalue weighted by Gasteiger charge is -2.30. The number of carbonyl (C=O) groups is 1. The van der Waals surface area contributed by atoms with Crippen LogP contribution in [0.25, 0.3) is 0 Å². The minimum atomic E-state index is -0.485. The summed E-state index contributed by atoms with van der Waals surface area (Å²) in [6.07, 6.45) is 26.0. The van der Waals surface area contributed by atoms with Gasteiger partial charge in [0.2, 0.25) is 0 Å². The van der Waals surface area contributed by atoms with Gasteiger partial charge in [-0.1, -0.05) is 123 Å². The number of hydrogen-bond acceptors (Lipinski definition) is 24. The third-order valence-corrected chi connectivity index (χ3v) is 28.9. The number of likely N-dealkylation sites (tertiary alicyclic amines) is 4. The van der Waals surface area contributed by atoms with Gasteiger partial charge >= 0.3 is 0 Å². The van der Waals surface area contributed by atoms with Gasteiger partial charge in [0.15, 0.2) is 5.78 Å². The Morgan fingerprint density at radius 2 is 0.697 bits per heavy atom. The van der Waals surface area contributed by atoms with E-state index in [1.807, 2.05) is 91.8 Å². The maximum absolute atomic E-state index is 14.2. The number of aliphatic hydroxyl groups excluding tert-OH is 3. The molecule has 4 aromatic carbocycles. The number of nitrogens with one attached hydrogen (secondary N) is 4. The minimum absolute atomic E-state index is 0.0125. The number of aliphatic hydroxyl groups is 3. The van der Waals surface area contributed by atoms with Crippen LogP contribution in [-0.2, 0) is 101 Å². The van der Waals surface area contributed by atoms with Crippen molar-refractivity contribution in [3.63, 3.8) is 0 Å². The molecule has 12 heterocycles. The quantitative estimate of drug-likeness (QED) is 0.0138. The molecule has 0 bridgehead atoms. The van der Waals surface area contributed by atoms with Crippen LogP contribution < -0.4 is 21.3 Å². The van der Waals surface area contributed by atoms with Gasteiger partial charge in [-0.05, 0) is 347 Å². The lowest BCUT2D eigenvalue weighted by Crippen LogP contribution is -2.33. The molecule has 4 fully saturated rings. The number of hydrogen-bond donors (Lipinski definition) is 7. The van der Waals surface area contributed by atoms with Gasteiger partial charge in [0.1, 0.15) is 46.4 Å². The van der Waals surface area contributed by atoms with Crippen LogP contribution in [0.1, 0.15) is 325 Å². The highest BCUT2D eigenvalue weighted by Gasteiger charge is 2.39. The third-order valence-electron chi connectivity index (χ3n) is 28.9. The zero-order valence-corrected chi connectivity index (χ0v) is 89.4. The second-order valence-corrected chi connectivity index (χ2v) is 42.1. The summed E-state index contributed by atoms with van der Waals surface area (Å²) in [5.41, 5.74) is 18.0. The molecule has 0 spiro atoms. The Labute approximate surface area is 865 Å². The maximum atomic E-state index is 14.2. The number of Topliss-reactive ketones (excluding diaryl/α,β-unsaturated/α-hetero) is 1. The van der Waals surface area contributed by atoms with E-state index in [-0.39, 0.29) is 114 Å². The van der Waals surface area contributed by atoms with Crippen molar-refractivity contribution in [1.82, 2.24) is 39.5 Å². The van der Waals surface area contributed by atoms with Crippen LogP contribution >= 0.6 is 0 Å². The van der Waals surface area contributed by atoms with E-state index in [0.717, 1.165) is 305 Å². The maximum Gasteiger partial charge on any atom is 0.151 e. The summed E-state index contributed by atoms with van der Waals surface area (Å²) in [6, 6.07) is 46.2. The Kier molecular flexibility index (Phi) is 44.5. The molecule has 4 saturated heterocycles. The van der Waals surface area contributed by atoms with E-state index in [1.54, 1.807) is 13.0 Å². The fraction of sp³-hybridized carbons (Fsp3) is 0.575. The van der Waals surface area contributed by atoms with Crippen molar-refractivity contribution in [2.75, 3.05) is 120 Å². The van der Waals surface area contributed by atoms with Gasteiger partial charge in [-0.2, -0.15) is 0 Å². The van der Waals surface area contributed by atoms with Crippen molar-refractivity contribution in [3.8, 4) is 0 Å². The number of rotatable bonds is 48. The van der Waals surface area contributed by atoms with E-state index in [1.165, 1.54) is 53.6 Å². The summed E-state index contributed by atoms with van der Waals surface area (Å²) >= 11 is 0. The highest BCUT2D eigenvalue weighted by Crippen LogP contribution is 2.42. The molecule has 12 atom stereocenters. The molecule has 8 aliphatic heterocycles. The van der Waals surface area contributed by atoms with E-state index >= 15 is 0 Å². The fourth-order valence-corrected chi connectivity index (χ4v) is 21.8. The summed E-state index contributed by atoms with van der Waals surface area (Å²) in [5, 5.41) is 45.6. The van der Waals surface area contributed by atoms with Crippen molar-refractivity contribution in [2.45, 2.75) is 348 Å². The van der Waals surface area contributed by atoms with Gasteiger partial charge in [-0.15, -0.1) is 0 Å². The molecule has 4 aromatic heterocycles. The first-order valence-electron chi connectivity index (χ1n) is 54.7. The summed E-state index contributed by atoms with van der Waals surface area (Å²) in [7, 11) is 0. The average Bonchev–Trinajstić information content (AvgIpc) is 1.79. The zero-order valence-electron chi connectivity index (χ0n) is 89.4. The van der Waals surface area contributed by atoms with E-state index in [0.29, 0.717) is 31.4 Å². The van der Waals surface area contributed by atoms with Crippen LogP contribution in [-0.4, -0.2) is 214 Å². The SMILES string of the molecule is C=C(O)C(c1ccccc1[C@H](C)OC(C)C)N1CC[C@@H](OCCCCc2ccc3c(n2)NCCC3)C1.C=C(O)[C@@H](c1ccccc1[C@@H](C)OC(C)C)N1CC[C@@H](OCCCCc2ccc3c(n2)NCCC3)C1.C=C(O)[C@H](c1ccccc1[C@@H](C)OC(C)C)N1CC[C@@H](OCCCCc2ccc3c(n2)NCCC3)C1.CC(=O)[C@@H](c1cc(F)ccc1COC(C)C)N1CC[C@@H](OCCCCc2ccc3c(n2)NC(C)CC3)C1. The molecule has 8 aromatic rings.